The molecule has 3 nitrogen and oxygen atoms in total. The summed E-state index contributed by atoms with van der Waals surface area (Å²) in [7, 11) is 0. The molecular weight excluding hydrogens is 274 g/mol. The number of ether oxygens (including phenoxy) is 1. The third kappa shape index (κ3) is 4.59. The fraction of sp³-hybridized carbons (Fsp3) is 0.188. The maximum Gasteiger partial charge on any atom is 0.258 e. The third-order valence-electron chi connectivity index (χ3n) is 2.78. The molecule has 0 heterocycles. The number of halogens is 1. The Morgan fingerprint density at radius 1 is 1.20 bits per heavy atom. The molecule has 0 aliphatic carbocycles. The first-order chi connectivity index (χ1) is 9.63. The predicted octanol–water partition coefficient (Wildman–Crippen LogP) is 3.34. The fourth-order valence-corrected chi connectivity index (χ4v) is 1.84. The Morgan fingerprint density at radius 3 is 2.65 bits per heavy atom. The standard InChI is InChI=1S/C16H16ClNO2/c1-12-5-7-13(8-6-12)10-18-16(19)11-20-15-4-2-3-14(17)9-15/h2-9H,10-11H2,1H3,(H,18,19). The number of amides is 1. The van der Waals surface area contributed by atoms with Crippen molar-refractivity contribution in [1.82, 2.24) is 5.32 Å². The van der Waals surface area contributed by atoms with Crippen LogP contribution in [0, 0.1) is 6.92 Å². The van der Waals surface area contributed by atoms with Gasteiger partial charge >= 0.3 is 0 Å². The fourth-order valence-electron chi connectivity index (χ4n) is 1.66. The van der Waals surface area contributed by atoms with Crippen LogP contribution >= 0.6 is 11.6 Å². The molecule has 0 saturated heterocycles. The monoisotopic (exact) mass is 289 g/mol. The lowest BCUT2D eigenvalue weighted by atomic mass is 10.1. The molecule has 4 heteroatoms. The van der Waals surface area contributed by atoms with Crippen molar-refractivity contribution >= 4 is 17.5 Å². The minimum atomic E-state index is -0.162. The van der Waals surface area contributed by atoms with E-state index in [4.69, 9.17) is 16.3 Å². The van der Waals surface area contributed by atoms with Crippen LogP contribution in [-0.4, -0.2) is 12.5 Å². The molecule has 0 spiro atoms. The van der Waals surface area contributed by atoms with Crippen molar-refractivity contribution < 1.29 is 9.53 Å². The minimum Gasteiger partial charge on any atom is -0.484 e. The Balaban J connectivity index is 1.77. The van der Waals surface area contributed by atoms with E-state index in [1.807, 2.05) is 31.2 Å². The molecule has 0 aliphatic heterocycles. The van der Waals surface area contributed by atoms with Crippen LogP contribution < -0.4 is 10.1 Å². The number of hydrogen-bond donors (Lipinski definition) is 1. The van der Waals surface area contributed by atoms with Gasteiger partial charge in [0.25, 0.3) is 5.91 Å². The molecule has 0 saturated carbocycles. The van der Waals surface area contributed by atoms with Crippen LogP contribution in [0.2, 0.25) is 5.02 Å². The molecule has 0 aliphatic rings. The summed E-state index contributed by atoms with van der Waals surface area (Å²) in [5, 5.41) is 3.39. The maximum atomic E-state index is 11.7. The van der Waals surface area contributed by atoms with Crippen molar-refractivity contribution in [2.24, 2.45) is 0 Å². The number of carbonyl (C=O) groups is 1. The first kappa shape index (κ1) is 14.4. The maximum absolute atomic E-state index is 11.7. The van der Waals surface area contributed by atoms with Crippen LogP contribution in [0.3, 0.4) is 0 Å². The van der Waals surface area contributed by atoms with Gasteiger partial charge in [-0.3, -0.25) is 4.79 Å². The number of rotatable bonds is 5. The van der Waals surface area contributed by atoms with E-state index in [-0.39, 0.29) is 12.5 Å². The van der Waals surface area contributed by atoms with Crippen LogP contribution in [0.4, 0.5) is 0 Å². The number of benzene rings is 2. The van der Waals surface area contributed by atoms with Gasteiger partial charge < -0.3 is 10.1 Å². The zero-order valence-corrected chi connectivity index (χ0v) is 12.0. The van der Waals surface area contributed by atoms with E-state index in [1.165, 1.54) is 5.56 Å². The number of nitrogens with one attached hydrogen (secondary N) is 1. The number of hydrogen-bond acceptors (Lipinski definition) is 2. The van der Waals surface area contributed by atoms with Crippen LogP contribution in [0.15, 0.2) is 48.5 Å². The van der Waals surface area contributed by atoms with E-state index in [2.05, 4.69) is 5.32 Å². The second-order valence-corrected chi connectivity index (χ2v) is 4.94. The summed E-state index contributed by atoms with van der Waals surface area (Å²) >= 11 is 5.83. The van der Waals surface area contributed by atoms with Crippen molar-refractivity contribution in [1.29, 1.82) is 0 Å². The van der Waals surface area contributed by atoms with Crippen molar-refractivity contribution in [2.75, 3.05) is 6.61 Å². The Hall–Kier alpha value is -2.00. The van der Waals surface area contributed by atoms with Crippen LogP contribution in [0.1, 0.15) is 11.1 Å². The lowest BCUT2D eigenvalue weighted by molar-refractivity contribution is -0.123. The van der Waals surface area contributed by atoms with Crippen molar-refractivity contribution in [3.8, 4) is 5.75 Å². The highest BCUT2D eigenvalue weighted by molar-refractivity contribution is 6.30. The predicted molar refractivity (Wildman–Crippen MR) is 80.0 cm³/mol. The second-order valence-electron chi connectivity index (χ2n) is 4.51. The number of carbonyl (C=O) groups excluding carboxylic acids is 1. The molecule has 0 radical (unpaired) electrons. The topological polar surface area (TPSA) is 38.3 Å². The SMILES string of the molecule is Cc1ccc(CNC(=O)COc2cccc(Cl)c2)cc1. The third-order valence-corrected chi connectivity index (χ3v) is 3.01. The van der Waals surface area contributed by atoms with Crippen LogP contribution in [0.5, 0.6) is 5.75 Å². The lowest BCUT2D eigenvalue weighted by Crippen LogP contribution is -2.28. The average molecular weight is 290 g/mol. The molecule has 1 N–H and O–H groups in total. The summed E-state index contributed by atoms with van der Waals surface area (Å²) in [4.78, 5) is 11.7. The van der Waals surface area contributed by atoms with E-state index in [1.54, 1.807) is 24.3 Å². The van der Waals surface area contributed by atoms with Gasteiger partial charge in [0.15, 0.2) is 6.61 Å². The summed E-state index contributed by atoms with van der Waals surface area (Å²) in [5.41, 5.74) is 2.26. The van der Waals surface area contributed by atoms with Crippen LogP contribution in [-0.2, 0) is 11.3 Å². The van der Waals surface area contributed by atoms with Gasteiger partial charge in [-0.1, -0.05) is 47.5 Å². The van der Waals surface area contributed by atoms with E-state index < -0.39 is 0 Å². The molecule has 0 bridgehead atoms. The van der Waals surface area contributed by atoms with E-state index in [0.717, 1.165) is 5.56 Å². The summed E-state index contributed by atoms with van der Waals surface area (Å²) in [6.07, 6.45) is 0. The van der Waals surface area contributed by atoms with E-state index in [0.29, 0.717) is 17.3 Å². The smallest absolute Gasteiger partial charge is 0.258 e. The average Bonchev–Trinajstić information content (AvgIpc) is 2.45. The second kappa shape index (κ2) is 6.96. The Bertz CT molecular complexity index is 581. The summed E-state index contributed by atoms with van der Waals surface area (Å²) in [6.45, 7) is 2.51. The van der Waals surface area contributed by atoms with Gasteiger partial charge in [0.2, 0.25) is 0 Å². The quantitative estimate of drug-likeness (QED) is 0.917. The molecule has 0 unspecified atom stereocenters. The van der Waals surface area contributed by atoms with E-state index in [9.17, 15) is 4.79 Å². The molecule has 1 amide bonds. The highest BCUT2D eigenvalue weighted by atomic mass is 35.5. The minimum absolute atomic E-state index is 0.0216. The Labute approximate surface area is 123 Å². The summed E-state index contributed by atoms with van der Waals surface area (Å²) < 4.78 is 5.36. The van der Waals surface area contributed by atoms with Gasteiger partial charge in [-0.05, 0) is 30.7 Å². The molecular formula is C16H16ClNO2. The Morgan fingerprint density at radius 2 is 1.95 bits per heavy atom. The molecule has 0 aromatic heterocycles. The van der Waals surface area contributed by atoms with Crippen molar-refractivity contribution in [3.05, 3.63) is 64.7 Å². The first-order valence-electron chi connectivity index (χ1n) is 6.34. The zero-order valence-electron chi connectivity index (χ0n) is 11.2. The molecule has 104 valence electrons. The summed E-state index contributed by atoms with van der Waals surface area (Å²) in [5.74, 6) is 0.425. The molecule has 0 atom stereocenters. The largest absolute Gasteiger partial charge is 0.484 e. The van der Waals surface area contributed by atoms with Crippen molar-refractivity contribution in [3.63, 3.8) is 0 Å². The highest BCUT2D eigenvalue weighted by Crippen LogP contribution is 2.16. The number of aryl methyl sites for hydroxylation is 1. The Kier molecular flexibility index (Phi) is 5.02. The molecule has 2 rings (SSSR count). The molecule has 0 fully saturated rings. The molecule has 20 heavy (non-hydrogen) atoms. The van der Waals surface area contributed by atoms with Gasteiger partial charge in [0, 0.05) is 11.6 Å². The normalized spacial score (nSPS) is 10.1. The molecule has 2 aromatic carbocycles. The zero-order chi connectivity index (χ0) is 14.4. The lowest BCUT2D eigenvalue weighted by Gasteiger charge is -2.08. The van der Waals surface area contributed by atoms with Gasteiger partial charge in [-0.15, -0.1) is 0 Å². The van der Waals surface area contributed by atoms with Gasteiger partial charge in [0.05, 0.1) is 0 Å². The molecule has 2 aromatic rings. The van der Waals surface area contributed by atoms with Crippen molar-refractivity contribution in [2.45, 2.75) is 13.5 Å². The van der Waals surface area contributed by atoms with Crippen LogP contribution in [0.25, 0.3) is 0 Å². The highest BCUT2D eigenvalue weighted by Gasteiger charge is 2.03. The van der Waals surface area contributed by atoms with Gasteiger partial charge in [-0.25, -0.2) is 0 Å². The summed E-state index contributed by atoms with van der Waals surface area (Å²) in [6, 6.07) is 15.0. The van der Waals surface area contributed by atoms with Gasteiger partial charge in [-0.2, -0.15) is 0 Å². The van der Waals surface area contributed by atoms with Gasteiger partial charge in [0.1, 0.15) is 5.75 Å². The first-order valence-corrected chi connectivity index (χ1v) is 6.72. The van der Waals surface area contributed by atoms with E-state index >= 15 is 0 Å².